The minimum atomic E-state index is -0.796. The zero-order valence-corrected chi connectivity index (χ0v) is 12.4. The lowest BCUT2D eigenvalue weighted by molar-refractivity contribution is -0.385. The average molecular weight is 305 g/mol. The highest BCUT2D eigenvalue weighted by Crippen LogP contribution is 2.14. The first-order valence-corrected chi connectivity index (χ1v) is 7.15. The van der Waals surface area contributed by atoms with Gasteiger partial charge in [0.25, 0.3) is 0 Å². The first-order chi connectivity index (χ1) is 10.6. The number of benzene rings is 1. The molecular formula is C15H19N3O4. The number of aliphatic hydroxyl groups is 1. The van der Waals surface area contributed by atoms with E-state index in [9.17, 15) is 15.2 Å². The molecule has 7 heteroatoms. The predicted octanol–water partition coefficient (Wildman–Crippen LogP) is 2.18. The molecule has 1 atom stereocenters. The van der Waals surface area contributed by atoms with Crippen molar-refractivity contribution in [3.05, 3.63) is 52.3 Å². The molecule has 0 aliphatic heterocycles. The van der Waals surface area contributed by atoms with Gasteiger partial charge in [0.1, 0.15) is 30.9 Å². The summed E-state index contributed by atoms with van der Waals surface area (Å²) in [5, 5.41) is 24.3. The van der Waals surface area contributed by atoms with Crippen LogP contribution < -0.4 is 4.74 Å². The van der Waals surface area contributed by atoms with Crippen LogP contribution in [-0.2, 0) is 13.0 Å². The minimum Gasteiger partial charge on any atom is -0.491 e. The smallest absolute Gasteiger partial charge is 0.306 e. The summed E-state index contributed by atoms with van der Waals surface area (Å²) >= 11 is 0. The van der Waals surface area contributed by atoms with Crippen LogP contribution in [0.2, 0.25) is 0 Å². The lowest BCUT2D eigenvalue weighted by Crippen LogP contribution is -2.23. The number of aryl methyl sites for hydroxylation is 1. The number of aromatic nitrogens is 2. The maximum atomic E-state index is 10.5. The highest BCUT2D eigenvalue weighted by molar-refractivity contribution is 5.27. The second kappa shape index (κ2) is 7.56. The van der Waals surface area contributed by atoms with Crippen molar-refractivity contribution in [3.8, 4) is 5.75 Å². The average Bonchev–Trinajstić information content (AvgIpc) is 2.95. The van der Waals surface area contributed by atoms with Gasteiger partial charge in [0.2, 0.25) is 0 Å². The van der Waals surface area contributed by atoms with Gasteiger partial charge in [0.15, 0.2) is 0 Å². The van der Waals surface area contributed by atoms with Crippen molar-refractivity contribution in [1.82, 2.24) is 9.78 Å². The van der Waals surface area contributed by atoms with E-state index in [1.165, 1.54) is 16.4 Å². The molecule has 0 saturated carbocycles. The first-order valence-electron chi connectivity index (χ1n) is 7.15. The number of nitrogens with zero attached hydrogens (tertiary/aromatic N) is 3. The van der Waals surface area contributed by atoms with Crippen LogP contribution in [0.5, 0.6) is 5.75 Å². The summed E-state index contributed by atoms with van der Waals surface area (Å²) < 4.78 is 6.83. The van der Waals surface area contributed by atoms with Crippen LogP contribution in [0.4, 0.5) is 5.69 Å². The Morgan fingerprint density at radius 2 is 2.14 bits per heavy atom. The fraction of sp³-hybridized carbons (Fsp3) is 0.400. The normalized spacial score (nSPS) is 12.1. The molecule has 0 amide bonds. The first kappa shape index (κ1) is 16.0. The van der Waals surface area contributed by atoms with Gasteiger partial charge in [-0.3, -0.25) is 14.8 Å². The fourth-order valence-corrected chi connectivity index (χ4v) is 2.05. The lowest BCUT2D eigenvalue weighted by Gasteiger charge is -2.12. The Bertz CT molecular complexity index is 610. The molecule has 1 unspecified atom stereocenters. The number of nitro groups is 1. The molecule has 1 aromatic carbocycles. The summed E-state index contributed by atoms with van der Waals surface area (Å²) in [7, 11) is 0. The largest absolute Gasteiger partial charge is 0.491 e. The van der Waals surface area contributed by atoms with Crippen molar-refractivity contribution in [2.75, 3.05) is 6.61 Å². The molecule has 118 valence electrons. The second-order valence-corrected chi connectivity index (χ2v) is 5.04. The zero-order valence-electron chi connectivity index (χ0n) is 12.4. The van der Waals surface area contributed by atoms with E-state index >= 15 is 0 Å². The molecule has 0 aliphatic rings. The number of ether oxygens (including phenoxy) is 1. The van der Waals surface area contributed by atoms with Gasteiger partial charge in [-0.25, -0.2) is 0 Å². The van der Waals surface area contributed by atoms with Crippen LogP contribution in [0.25, 0.3) is 0 Å². The lowest BCUT2D eigenvalue weighted by atomic mass is 10.1. The van der Waals surface area contributed by atoms with Gasteiger partial charge in [-0.05, 0) is 24.1 Å². The van der Waals surface area contributed by atoms with Gasteiger partial charge >= 0.3 is 5.69 Å². The summed E-state index contributed by atoms with van der Waals surface area (Å²) in [4.78, 5) is 10.0. The topological polar surface area (TPSA) is 90.4 Å². The maximum Gasteiger partial charge on any atom is 0.306 e. The second-order valence-electron chi connectivity index (χ2n) is 5.04. The van der Waals surface area contributed by atoms with Crippen LogP contribution in [0.15, 0.2) is 36.7 Å². The molecular weight excluding hydrogens is 286 g/mol. The third-order valence-corrected chi connectivity index (χ3v) is 3.13. The van der Waals surface area contributed by atoms with Crippen molar-refractivity contribution in [3.63, 3.8) is 0 Å². The van der Waals surface area contributed by atoms with Crippen molar-refractivity contribution in [1.29, 1.82) is 0 Å². The zero-order chi connectivity index (χ0) is 15.9. The Morgan fingerprint density at radius 3 is 2.73 bits per heavy atom. The van der Waals surface area contributed by atoms with Crippen LogP contribution in [0.3, 0.4) is 0 Å². The van der Waals surface area contributed by atoms with Crippen molar-refractivity contribution < 1.29 is 14.8 Å². The van der Waals surface area contributed by atoms with Gasteiger partial charge in [0.05, 0.1) is 11.5 Å². The van der Waals surface area contributed by atoms with Gasteiger partial charge in [-0.2, -0.15) is 5.10 Å². The molecule has 0 saturated heterocycles. The molecule has 22 heavy (non-hydrogen) atoms. The molecule has 0 spiro atoms. The van der Waals surface area contributed by atoms with E-state index in [2.05, 4.69) is 12.0 Å². The third kappa shape index (κ3) is 4.56. The Kier molecular flexibility index (Phi) is 5.48. The van der Waals surface area contributed by atoms with E-state index in [1.54, 1.807) is 0 Å². The number of hydrogen-bond acceptors (Lipinski definition) is 5. The molecule has 1 heterocycles. The summed E-state index contributed by atoms with van der Waals surface area (Å²) in [6.07, 6.45) is 3.76. The molecule has 0 aliphatic carbocycles. The summed E-state index contributed by atoms with van der Waals surface area (Å²) in [6.45, 7) is 2.36. The van der Waals surface area contributed by atoms with E-state index in [0.29, 0.717) is 5.75 Å². The molecule has 1 N–H and O–H groups in total. The fourth-order valence-electron chi connectivity index (χ4n) is 2.05. The van der Waals surface area contributed by atoms with Crippen LogP contribution >= 0.6 is 0 Å². The molecule has 7 nitrogen and oxygen atoms in total. The van der Waals surface area contributed by atoms with Crippen molar-refractivity contribution >= 4 is 5.69 Å². The third-order valence-electron chi connectivity index (χ3n) is 3.13. The van der Waals surface area contributed by atoms with Gasteiger partial charge in [-0.1, -0.05) is 25.5 Å². The predicted molar refractivity (Wildman–Crippen MR) is 80.8 cm³/mol. The molecule has 2 rings (SSSR count). The molecule has 0 fully saturated rings. The number of rotatable bonds is 8. The van der Waals surface area contributed by atoms with E-state index in [1.807, 2.05) is 24.3 Å². The Hall–Kier alpha value is -2.41. The Morgan fingerprint density at radius 1 is 1.41 bits per heavy atom. The van der Waals surface area contributed by atoms with Crippen molar-refractivity contribution in [2.24, 2.45) is 0 Å². The molecule has 0 bridgehead atoms. The Balaban J connectivity index is 1.81. The highest BCUT2D eigenvalue weighted by atomic mass is 16.6. The summed E-state index contributed by atoms with van der Waals surface area (Å²) in [5.74, 6) is 0.686. The monoisotopic (exact) mass is 305 g/mol. The SMILES string of the molecule is CCCc1ccc(OCC(O)Cn2cc([N+](=O)[O-])cn2)cc1. The van der Waals surface area contributed by atoms with Crippen LogP contribution in [0, 0.1) is 10.1 Å². The van der Waals surface area contributed by atoms with E-state index in [-0.39, 0.29) is 18.8 Å². The molecule has 2 aromatic rings. The summed E-state index contributed by atoms with van der Waals surface area (Å²) in [6, 6.07) is 7.75. The van der Waals surface area contributed by atoms with Crippen molar-refractivity contribution in [2.45, 2.75) is 32.4 Å². The number of hydrogen-bond donors (Lipinski definition) is 1. The van der Waals surface area contributed by atoms with Gasteiger partial charge < -0.3 is 9.84 Å². The van der Waals surface area contributed by atoms with Crippen LogP contribution in [-0.4, -0.2) is 32.5 Å². The summed E-state index contributed by atoms with van der Waals surface area (Å²) in [5.41, 5.74) is 1.15. The van der Waals surface area contributed by atoms with E-state index in [4.69, 9.17) is 4.74 Å². The van der Waals surface area contributed by atoms with Gasteiger partial charge in [-0.15, -0.1) is 0 Å². The minimum absolute atomic E-state index is 0.0976. The highest BCUT2D eigenvalue weighted by Gasteiger charge is 2.12. The van der Waals surface area contributed by atoms with Gasteiger partial charge in [0, 0.05) is 0 Å². The van der Waals surface area contributed by atoms with E-state index in [0.717, 1.165) is 19.0 Å². The quantitative estimate of drug-likeness (QED) is 0.596. The maximum absolute atomic E-state index is 10.5. The van der Waals surface area contributed by atoms with E-state index < -0.39 is 11.0 Å². The Labute approximate surface area is 128 Å². The molecule has 0 radical (unpaired) electrons. The number of aliphatic hydroxyl groups excluding tert-OH is 1. The standard InChI is InChI=1S/C15H19N3O4/c1-2-3-12-4-6-15(7-5-12)22-11-14(19)10-17-9-13(8-16-17)18(20)21/h4-9,14,19H,2-3,10-11H2,1H3. The van der Waals surface area contributed by atoms with Crippen LogP contribution in [0.1, 0.15) is 18.9 Å². The molecule has 1 aromatic heterocycles.